The molecule has 1 aliphatic heterocycles. The number of hydrogen-bond donors (Lipinski definition) is 1. The molecule has 0 bridgehead atoms. The zero-order chi connectivity index (χ0) is 17.2. The molecule has 1 atom stereocenters. The molecule has 0 saturated heterocycles. The van der Waals surface area contributed by atoms with E-state index in [1.807, 2.05) is 13.0 Å². The lowest BCUT2D eigenvalue weighted by Gasteiger charge is -2.11. The van der Waals surface area contributed by atoms with E-state index in [4.69, 9.17) is 9.57 Å². The van der Waals surface area contributed by atoms with Gasteiger partial charge in [-0.1, -0.05) is 12.1 Å². The number of nitrogens with zero attached hydrogens (tertiary/aromatic N) is 1. The van der Waals surface area contributed by atoms with Crippen LogP contribution in [0.3, 0.4) is 0 Å². The molecule has 2 aromatic rings. The Bertz CT molecular complexity index is 745. The molecule has 1 aromatic carbocycles. The quantitative estimate of drug-likeness (QED) is 0.919. The maximum absolute atomic E-state index is 12.1. The van der Waals surface area contributed by atoms with Gasteiger partial charge in [0.1, 0.15) is 17.6 Å². The molecule has 2 heterocycles. The Morgan fingerprint density at radius 1 is 1.12 bits per heavy atom. The van der Waals surface area contributed by atoms with Crippen LogP contribution in [0.4, 0.5) is 13.2 Å². The normalized spacial score (nSPS) is 17.2. The summed E-state index contributed by atoms with van der Waals surface area (Å²) in [6, 6.07) is 7.24. The van der Waals surface area contributed by atoms with Crippen molar-refractivity contribution in [2.45, 2.75) is 19.4 Å². The first kappa shape index (κ1) is 16.1. The van der Waals surface area contributed by atoms with Gasteiger partial charge in [0.25, 0.3) is 0 Å². The molecular weight excluding hydrogens is 325 g/mol. The molecule has 0 spiro atoms. The first-order valence-electron chi connectivity index (χ1n) is 6.98. The first-order valence-corrected chi connectivity index (χ1v) is 6.98. The molecule has 0 unspecified atom stereocenters. The van der Waals surface area contributed by atoms with Crippen molar-refractivity contribution in [3.63, 3.8) is 0 Å². The molecule has 3 rings (SSSR count). The van der Waals surface area contributed by atoms with Gasteiger partial charge in [-0.25, -0.2) is 5.48 Å². The molecule has 1 N–H and O–H groups in total. The van der Waals surface area contributed by atoms with Crippen LogP contribution in [0.15, 0.2) is 54.7 Å². The Labute approximate surface area is 135 Å². The Kier molecular flexibility index (Phi) is 4.30. The Morgan fingerprint density at radius 2 is 1.88 bits per heavy atom. The first-order chi connectivity index (χ1) is 11.4. The van der Waals surface area contributed by atoms with Gasteiger partial charge in [-0.05, 0) is 36.2 Å². The third kappa shape index (κ3) is 4.17. The number of hydrogen-bond acceptors (Lipinski definition) is 5. The highest BCUT2D eigenvalue weighted by molar-refractivity contribution is 5.32. The minimum absolute atomic E-state index is 0.288. The highest BCUT2D eigenvalue weighted by atomic mass is 19.4. The van der Waals surface area contributed by atoms with E-state index in [1.54, 1.807) is 18.5 Å². The summed E-state index contributed by atoms with van der Waals surface area (Å²) in [6.45, 7) is 1.89. The fraction of sp³-hybridized carbons (Fsp3) is 0.188. The van der Waals surface area contributed by atoms with E-state index >= 15 is 0 Å². The van der Waals surface area contributed by atoms with Gasteiger partial charge in [-0.3, -0.25) is 9.82 Å². The number of hydroxylamine groups is 1. The molecule has 8 heteroatoms. The zero-order valence-electron chi connectivity index (χ0n) is 12.5. The number of benzene rings is 1. The zero-order valence-corrected chi connectivity index (χ0v) is 12.5. The molecule has 1 aromatic heterocycles. The smallest absolute Gasteiger partial charge is 0.438 e. The number of ether oxygens (including phenoxy) is 2. The average molecular weight is 338 g/mol. The lowest BCUT2D eigenvalue weighted by molar-refractivity contribution is -0.274. The van der Waals surface area contributed by atoms with Crippen LogP contribution in [0.1, 0.15) is 17.2 Å². The Morgan fingerprint density at radius 3 is 2.54 bits per heavy atom. The van der Waals surface area contributed by atoms with Gasteiger partial charge in [0.15, 0.2) is 0 Å². The van der Waals surface area contributed by atoms with Crippen LogP contribution in [0.5, 0.6) is 11.5 Å². The van der Waals surface area contributed by atoms with Crippen molar-refractivity contribution in [1.29, 1.82) is 0 Å². The lowest BCUT2D eigenvalue weighted by atomic mass is 10.1. The van der Waals surface area contributed by atoms with E-state index in [0.717, 1.165) is 5.56 Å². The number of halogens is 3. The molecule has 1 aliphatic rings. The lowest BCUT2D eigenvalue weighted by Crippen LogP contribution is -2.17. The van der Waals surface area contributed by atoms with Gasteiger partial charge >= 0.3 is 6.36 Å². The third-order valence-corrected chi connectivity index (χ3v) is 3.11. The van der Waals surface area contributed by atoms with Crippen LogP contribution in [0.2, 0.25) is 0 Å². The number of nitrogens with one attached hydrogen (secondary N) is 1. The number of alkyl halides is 3. The molecule has 24 heavy (non-hydrogen) atoms. The van der Waals surface area contributed by atoms with Crippen molar-refractivity contribution in [1.82, 2.24) is 10.5 Å². The average Bonchev–Trinajstić information content (AvgIpc) is 2.95. The van der Waals surface area contributed by atoms with Gasteiger partial charge in [0.2, 0.25) is 5.88 Å². The van der Waals surface area contributed by atoms with Gasteiger partial charge in [0.05, 0.1) is 6.20 Å². The Balaban J connectivity index is 1.67. The maximum Gasteiger partial charge on any atom is 0.573 e. The van der Waals surface area contributed by atoms with Gasteiger partial charge in [-0.15, -0.1) is 13.2 Å². The van der Waals surface area contributed by atoms with Crippen LogP contribution in [-0.4, -0.2) is 11.3 Å². The van der Waals surface area contributed by atoms with Crippen molar-refractivity contribution in [3.8, 4) is 11.5 Å². The second-order valence-corrected chi connectivity index (χ2v) is 5.09. The summed E-state index contributed by atoms with van der Waals surface area (Å²) >= 11 is 0. The second kappa shape index (κ2) is 6.40. The van der Waals surface area contributed by atoms with E-state index in [0.29, 0.717) is 17.2 Å². The number of aromatic nitrogens is 1. The molecule has 0 amide bonds. The van der Waals surface area contributed by atoms with Gasteiger partial charge in [0, 0.05) is 12.3 Å². The fourth-order valence-corrected chi connectivity index (χ4v) is 2.12. The summed E-state index contributed by atoms with van der Waals surface area (Å²) in [5, 5.41) is 0. The van der Waals surface area contributed by atoms with E-state index in [-0.39, 0.29) is 5.75 Å². The Hall–Kier alpha value is -2.74. The van der Waals surface area contributed by atoms with Gasteiger partial charge < -0.3 is 9.47 Å². The second-order valence-electron chi connectivity index (χ2n) is 5.09. The molecular formula is C16H13F3N2O3. The fourth-order valence-electron chi connectivity index (χ4n) is 2.12. The summed E-state index contributed by atoms with van der Waals surface area (Å²) in [7, 11) is 0. The number of rotatable bonds is 4. The van der Waals surface area contributed by atoms with Crippen molar-refractivity contribution in [3.05, 3.63) is 65.8 Å². The highest BCUT2D eigenvalue weighted by Gasteiger charge is 2.31. The predicted molar refractivity (Wildman–Crippen MR) is 77.8 cm³/mol. The monoisotopic (exact) mass is 338 g/mol. The summed E-state index contributed by atoms with van der Waals surface area (Å²) in [5.74, 6) is 0.637. The van der Waals surface area contributed by atoms with Crippen LogP contribution in [0, 0.1) is 6.92 Å². The molecule has 0 fully saturated rings. The number of aryl methyl sites for hydroxylation is 1. The van der Waals surface area contributed by atoms with Crippen LogP contribution in [-0.2, 0) is 4.84 Å². The topological polar surface area (TPSA) is 52.6 Å². The predicted octanol–water partition coefficient (Wildman–Crippen LogP) is 3.78. The summed E-state index contributed by atoms with van der Waals surface area (Å²) in [4.78, 5) is 9.36. The molecule has 0 aliphatic carbocycles. The van der Waals surface area contributed by atoms with Crippen molar-refractivity contribution >= 4 is 0 Å². The minimum atomic E-state index is -4.71. The van der Waals surface area contributed by atoms with Crippen LogP contribution in [0.25, 0.3) is 0 Å². The SMILES string of the molecule is Cc1cncc(OC2=C[C@H](c3ccc(OC(F)(F)F)cc3)ON2)c1. The summed E-state index contributed by atoms with van der Waals surface area (Å²) < 4.78 is 45.8. The van der Waals surface area contributed by atoms with E-state index in [2.05, 4.69) is 15.2 Å². The van der Waals surface area contributed by atoms with Crippen molar-refractivity contribution < 1.29 is 27.5 Å². The minimum Gasteiger partial charge on any atom is -0.438 e. The molecule has 126 valence electrons. The summed E-state index contributed by atoms with van der Waals surface area (Å²) in [5.41, 5.74) is 4.22. The maximum atomic E-state index is 12.1. The third-order valence-electron chi connectivity index (χ3n) is 3.11. The standard InChI is InChI=1S/C16H13F3N2O3/c1-10-6-13(9-20-8-10)22-15-7-14(24-21-15)11-2-4-12(5-3-11)23-16(17,18)19/h2-9,14,21H,1H3/t14-/m1/s1. The summed E-state index contributed by atoms with van der Waals surface area (Å²) in [6.07, 6.45) is -0.269. The van der Waals surface area contributed by atoms with Crippen LogP contribution >= 0.6 is 0 Å². The van der Waals surface area contributed by atoms with E-state index < -0.39 is 12.5 Å². The van der Waals surface area contributed by atoms with E-state index in [9.17, 15) is 13.2 Å². The highest BCUT2D eigenvalue weighted by Crippen LogP contribution is 2.28. The largest absolute Gasteiger partial charge is 0.573 e. The van der Waals surface area contributed by atoms with E-state index in [1.165, 1.54) is 24.3 Å². The number of pyridine rings is 1. The van der Waals surface area contributed by atoms with Crippen molar-refractivity contribution in [2.75, 3.05) is 0 Å². The molecule has 0 saturated carbocycles. The van der Waals surface area contributed by atoms with Crippen LogP contribution < -0.4 is 15.0 Å². The molecule has 5 nitrogen and oxygen atoms in total. The van der Waals surface area contributed by atoms with Gasteiger partial charge in [-0.2, -0.15) is 0 Å². The molecule has 0 radical (unpaired) electrons. The van der Waals surface area contributed by atoms with Crippen molar-refractivity contribution in [2.24, 2.45) is 0 Å².